The predicted octanol–water partition coefficient (Wildman–Crippen LogP) is -0.379. The summed E-state index contributed by atoms with van der Waals surface area (Å²) < 4.78 is 23.6. The fourth-order valence-corrected chi connectivity index (χ4v) is 3.51. The van der Waals surface area contributed by atoms with Crippen LogP contribution in [0.25, 0.3) is 0 Å². The molecule has 0 bridgehead atoms. The van der Waals surface area contributed by atoms with E-state index in [2.05, 4.69) is 4.98 Å². The Morgan fingerprint density at radius 2 is 2.04 bits per heavy atom. The molecule has 2 saturated heterocycles. The van der Waals surface area contributed by atoms with E-state index in [1.165, 1.54) is 18.5 Å². The highest BCUT2D eigenvalue weighted by Crippen LogP contribution is 2.42. The zero-order chi connectivity index (χ0) is 19.3. The number of furan rings is 1. The Labute approximate surface area is 152 Å². The third-order valence-electron chi connectivity index (χ3n) is 4.68. The van der Waals surface area contributed by atoms with E-state index in [0.29, 0.717) is 0 Å². The molecule has 1 unspecified atom stereocenters. The van der Waals surface area contributed by atoms with Crippen LogP contribution in [0.3, 0.4) is 0 Å². The summed E-state index contributed by atoms with van der Waals surface area (Å²) >= 11 is 0. The highest BCUT2D eigenvalue weighted by atomic mass is 16.8. The van der Waals surface area contributed by atoms with E-state index < -0.39 is 47.7 Å². The van der Waals surface area contributed by atoms with Crippen LogP contribution >= 0.6 is 0 Å². The van der Waals surface area contributed by atoms with Crippen LogP contribution in [-0.2, 0) is 14.2 Å². The number of H-pyrrole nitrogens is 1. The van der Waals surface area contributed by atoms with E-state index in [0.717, 1.165) is 4.57 Å². The molecule has 27 heavy (non-hydrogen) atoms. The SMILES string of the molecule is CC1(C)O[C@@H]2[C@H](O1)[C@@H](CO)O[C@H]2n1cc(C(O)c2ccco2)c(=O)[nH]c1=O. The molecule has 2 aliphatic rings. The standard InChI is InChI=1S/C17H20N2O8/c1-17(2)26-12-10(7-20)25-15(13(12)27-17)19-6-8(14(22)18-16(19)23)11(21)9-4-3-5-24-9/h3-6,10-13,15,20-21H,7H2,1-2H3,(H,18,22,23)/t10-,11?,12-,13-,15-/m1/s1. The zero-order valence-electron chi connectivity index (χ0n) is 14.7. The molecule has 3 N–H and O–H groups in total. The lowest BCUT2D eigenvalue weighted by atomic mass is 10.1. The van der Waals surface area contributed by atoms with Crippen molar-refractivity contribution in [2.75, 3.05) is 6.61 Å². The second-order valence-electron chi connectivity index (χ2n) is 6.98. The summed E-state index contributed by atoms with van der Waals surface area (Å²) in [6.07, 6.45) is -1.67. The number of hydrogen-bond acceptors (Lipinski definition) is 8. The van der Waals surface area contributed by atoms with E-state index in [-0.39, 0.29) is 17.9 Å². The van der Waals surface area contributed by atoms with Crippen molar-refractivity contribution in [3.05, 3.63) is 56.8 Å². The monoisotopic (exact) mass is 380 g/mol. The number of aliphatic hydroxyl groups is 2. The lowest BCUT2D eigenvalue weighted by Gasteiger charge is -2.24. The fourth-order valence-electron chi connectivity index (χ4n) is 3.51. The summed E-state index contributed by atoms with van der Waals surface area (Å²) in [6.45, 7) is 3.12. The maximum atomic E-state index is 12.4. The van der Waals surface area contributed by atoms with Gasteiger partial charge in [-0.3, -0.25) is 14.3 Å². The van der Waals surface area contributed by atoms with Gasteiger partial charge in [-0.05, 0) is 26.0 Å². The highest BCUT2D eigenvalue weighted by molar-refractivity contribution is 5.19. The topological polar surface area (TPSA) is 136 Å². The molecule has 0 aliphatic carbocycles. The Morgan fingerprint density at radius 3 is 2.70 bits per heavy atom. The summed E-state index contributed by atoms with van der Waals surface area (Å²) in [5.41, 5.74) is -1.56. The van der Waals surface area contributed by atoms with Crippen molar-refractivity contribution >= 4 is 0 Å². The average molecular weight is 380 g/mol. The van der Waals surface area contributed by atoms with Crippen molar-refractivity contribution in [3.8, 4) is 0 Å². The minimum absolute atomic E-state index is 0.0877. The number of hydrogen-bond donors (Lipinski definition) is 3. The van der Waals surface area contributed by atoms with Crippen LogP contribution in [0.4, 0.5) is 0 Å². The predicted molar refractivity (Wildman–Crippen MR) is 88.9 cm³/mol. The van der Waals surface area contributed by atoms with E-state index >= 15 is 0 Å². The Bertz CT molecular complexity index is 931. The molecule has 2 aliphatic heterocycles. The molecule has 10 nitrogen and oxygen atoms in total. The van der Waals surface area contributed by atoms with Crippen LogP contribution < -0.4 is 11.2 Å². The van der Waals surface area contributed by atoms with E-state index in [1.807, 2.05) is 0 Å². The summed E-state index contributed by atoms with van der Waals surface area (Å²) in [5.74, 6) is -0.752. The normalized spacial score (nSPS) is 30.4. The molecule has 0 aromatic carbocycles. The molecule has 4 rings (SSSR count). The van der Waals surface area contributed by atoms with Gasteiger partial charge >= 0.3 is 5.69 Å². The van der Waals surface area contributed by atoms with Gasteiger partial charge in [0, 0.05) is 6.20 Å². The summed E-state index contributed by atoms with van der Waals surface area (Å²) in [7, 11) is 0. The number of rotatable bonds is 4. The Balaban J connectivity index is 1.75. The van der Waals surface area contributed by atoms with Crippen LogP contribution in [0.1, 0.15) is 37.5 Å². The average Bonchev–Trinajstić information content (AvgIpc) is 3.30. The molecule has 146 valence electrons. The van der Waals surface area contributed by atoms with Gasteiger partial charge in [0.1, 0.15) is 30.2 Å². The van der Waals surface area contributed by atoms with Crippen molar-refractivity contribution in [3.63, 3.8) is 0 Å². The van der Waals surface area contributed by atoms with E-state index in [9.17, 15) is 19.8 Å². The van der Waals surface area contributed by atoms with Gasteiger partial charge in [0.05, 0.1) is 18.4 Å². The zero-order valence-corrected chi connectivity index (χ0v) is 14.7. The first-order chi connectivity index (χ1) is 12.8. The summed E-state index contributed by atoms with van der Waals surface area (Å²) in [4.78, 5) is 26.8. The van der Waals surface area contributed by atoms with Crippen LogP contribution in [0.15, 0.2) is 38.6 Å². The molecule has 0 saturated carbocycles. The van der Waals surface area contributed by atoms with Gasteiger partial charge in [0.15, 0.2) is 12.0 Å². The minimum atomic E-state index is -1.36. The number of ether oxygens (including phenoxy) is 3. The fraction of sp³-hybridized carbons (Fsp3) is 0.529. The number of aromatic nitrogens is 2. The second kappa shape index (κ2) is 6.43. The van der Waals surface area contributed by atoms with E-state index in [4.69, 9.17) is 18.6 Å². The molecule has 2 fully saturated rings. The van der Waals surface area contributed by atoms with Gasteiger partial charge < -0.3 is 28.8 Å². The van der Waals surface area contributed by atoms with Gasteiger partial charge in [-0.2, -0.15) is 0 Å². The van der Waals surface area contributed by atoms with Gasteiger partial charge in [0.25, 0.3) is 5.56 Å². The molecular formula is C17H20N2O8. The van der Waals surface area contributed by atoms with Crippen molar-refractivity contribution in [2.45, 2.75) is 50.3 Å². The molecule has 0 radical (unpaired) electrons. The number of nitrogens with one attached hydrogen (secondary N) is 1. The quantitative estimate of drug-likeness (QED) is 0.653. The first-order valence-corrected chi connectivity index (χ1v) is 8.49. The molecule has 2 aromatic heterocycles. The van der Waals surface area contributed by atoms with Crippen molar-refractivity contribution in [1.29, 1.82) is 0 Å². The summed E-state index contributed by atoms with van der Waals surface area (Å²) in [6, 6.07) is 3.09. The lowest BCUT2D eigenvalue weighted by molar-refractivity contribution is -0.200. The van der Waals surface area contributed by atoms with Crippen LogP contribution in [0, 0.1) is 0 Å². The Hall–Kier alpha value is -2.24. The van der Waals surface area contributed by atoms with Gasteiger partial charge in [-0.25, -0.2) is 4.79 Å². The maximum Gasteiger partial charge on any atom is 0.330 e. The molecule has 2 aromatic rings. The van der Waals surface area contributed by atoms with Crippen molar-refractivity contribution < 1.29 is 28.8 Å². The number of aromatic amines is 1. The van der Waals surface area contributed by atoms with Gasteiger partial charge in [-0.1, -0.05) is 0 Å². The first kappa shape index (κ1) is 18.1. The lowest BCUT2D eigenvalue weighted by Crippen LogP contribution is -2.39. The minimum Gasteiger partial charge on any atom is -0.466 e. The molecule has 4 heterocycles. The smallest absolute Gasteiger partial charge is 0.330 e. The molecule has 0 amide bonds. The largest absolute Gasteiger partial charge is 0.466 e. The van der Waals surface area contributed by atoms with Crippen LogP contribution in [0.2, 0.25) is 0 Å². The van der Waals surface area contributed by atoms with Crippen molar-refractivity contribution in [2.24, 2.45) is 0 Å². The maximum absolute atomic E-state index is 12.4. The molecule has 10 heteroatoms. The van der Waals surface area contributed by atoms with Gasteiger partial charge in [-0.15, -0.1) is 0 Å². The third-order valence-corrected chi connectivity index (χ3v) is 4.68. The van der Waals surface area contributed by atoms with E-state index in [1.54, 1.807) is 19.9 Å². The summed E-state index contributed by atoms with van der Waals surface area (Å²) in [5, 5.41) is 20.0. The van der Waals surface area contributed by atoms with Gasteiger partial charge in [0.2, 0.25) is 0 Å². The number of fused-ring (bicyclic) bond motifs is 1. The molecular weight excluding hydrogens is 360 g/mol. The van der Waals surface area contributed by atoms with Crippen LogP contribution in [-0.4, -0.2) is 50.5 Å². The highest BCUT2D eigenvalue weighted by Gasteiger charge is 2.56. The Kier molecular flexibility index (Phi) is 4.32. The second-order valence-corrected chi connectivity index (χ2v) is 6.98. The Morgan fingerprint density at radius 1 is 1.30 bits per heavy atom. The van der Waals surface area contributed by atoms with Crippen molar-refractivity contribution in [1.82, 2.24) is 9.55 Å². The van der Waals surface area contributed by atoms with Crippen LogP contribution in [0.5, 0.6) is 0 Å². The first-order valence-electron chi connectivity index (χ1n) is 8.49. The number of nitrogens with zero attached hydrogens (tertiary/aromatic N) is 1. The molecule has 5 atom stereocenters. The molecule has 0 spiro atoms. The third kappa shape index (κ3) is 3.05. The number of aliphatic hydroxyl groups excluding tert-OH is 2.